The molecule has 0 saturated carbocycles. The van der Waals surface area contributed by atoms with E-state index in [1.807, 2.05) is 30.3 Å². The first-order valence-corrected chi connectivity index (χ1v) is 3.07. The molecule has 0 saturated heterocycles. The fourth-order valence-electron chi connectivity index (χ4n) is 0.567. The monoisotopic (exact) mass is 177 g/mol. The SMILES string of the molecule is ClCc1ccccc1.N.N.N. The van der Waals surface area contributed by atoms with Crippen LogP contribution in [0.4, 0.5) is 0 Å². The quantitative estimate of drug-likeness (QED) is 0.575. The molecule has 9 N–H and O–H groups in total. The molecular weight excluding hydrogens is 162 g/mol. The molecule has 0 atom stereocenters. The average Bonchev–Trinajstić information content (AvgIpc) is 1.90. The molecule has 3 nitrogen and oxygen atoms in total. The predicted octanol–water partition coefficient (Wildman–Crippen LogP) is 2.91. The Kier molecular flexibility index (Phi) is 14.3. The van der Waals surface area contributed by atoms with Gasteiger partial charge in [0.1, 0.15) is 0 Å². The topological polar surface area (TPSA) is 105 Å². The van der Waals surface area contributed by atoms with Crippen LogP contribution in [0.3, 0.4) is 0 Å². The molecule has 0 fully saturated rings. The summed E-state index contributed by atoms with van der Waals surface area (Å²) in [7, 11) is 0. The lowest BCUT2D eigenvalue weighted by Crippen LogP contribution is -1.71. The average molecular weight is 178 g/mol. The number of hydrogen-bond acceptors (Lipinski definition) is 3. The third-order valence-electron chi connectivity index (χ3n) is 0.997. The Labute approximate surface area is 72.5 Å². The van der Waals surface area contributed by atoms with E-state index in [1.54, 1.807) is 0 Å². The van der Waals surface area contributed by atoms with Gasteiger partial charge in [0.2, 0.25) is 0 Å². The second kappa shape index (κ2) is 9.39. The van der Waals surface area contributed by atoms with Crippen molar-refractivity contribution in [3.8, 4) is 0 Å². The van der Waals surface area contributed by atoms with Crippen molar-refractivity contribution >= 4 is 11.6 Å². The van der Waals surface area contributed by atoms with E-state index in [0.717, 1.165) is 0 Å². The third-order valence-corrected chi connectivity index (χ3v) is 1.31. The fourth-order valence-corrected chi connectivity index (χ4v) is 0.745. The minimum Gasteiger partial charge on any atom is -0.344 e. The summed E-state index contributed by atoms with van der Waals surface area (Å²) in [4.78, 5) is 0. The van der Waals surface area contributed by atoms with Gasteiger partial charge in [-0.1, -0.05) is 30.3 Å². The molecule has 4 heteroatoms. The van der Waals surface area contributed by atoms with E-state index in [-0.39, 0.29) is 18.5 Å². The highest BCUT2D eigenvalue weighted by atomic mass is 35.5. The Bertz CT molecular complexity index is 155. The minimum absolute atomic E-state index is 0. The molecule has 0 aliphatic rings. The van der Waals surface area contributed by atoms with E-state index in [2.05, 4.69) is 0 Å². The van der Waals surface area contributed by atoms with E-state index < -0.39 is 0 Å². The van der Waals surface area contributed by atoms with E-state index >= 15 is 0 Å². The van der Waals surface area contributed by atoms with E-state index in [1.165, 1.54) is 5.56 Å². The first-order valence-electron chi connectivity index (χ1n) is 2.53. The van der Waals surface area contributed by atoms with Crippen molar-refractivity contribution in [2.45, 2.75) is 5.88 Å². The summed E-state index contributed by atoms with van der Waals surface area (Å²) < 4.78 is 0. The molecule has 1 aromatic rings. The Morgan fingerprint density at radius 2 is 1.36 bits per heavy atom. The summed E-state index contributed by atoms with van der Waals surface area (Å²) in [6.45, 7) is 0. The lowest BCUT2D eigenvalue weighted by Gasteiger charge is -1.88. The highest BCUT2D eigenvalue weighted by Crippen LogP contribution is 2.00. The van der Waals surface area contributed by atoms with Crippen LogP contribution in [-0.2, 0) is 5.88 Å². The first kappa shape index (κ1) is 16.8. The largest absolute Gasteiger partial charge is 0.344 e. The second-order valence-electron chi connectivity index (χ2n) is 1.62. The first-order chi connectivity index (χ1) is 3.93. The summed E-state index contributed by atoms with van der Waals surface area (Å²) in [5.74, 6) is 0.612. The number of alkyl halides is 1. The highest BCUT2D eigenvalue weighted by Gasteiger charge is 1.81. The van der Waals surface area contributed by atoms with Gasteiger partial charge in [0.25, 0.3) is 0 Å². The summed E-state index contributed by atoms with van der Waals surface area (Å²) in [6.07, 6.45) is 0. The van der Waals surface area contributed by atoms with Crippen LogP contribution in [0.5, 0.6) is 0 Å². The van der Waals surface area contributed by atoms with Crippen molar-refractivity contribution in [2.75, 3.05) is 0 Å². The van der Waals surface area contributed by atoms with Crippen LogP contribution in [0, 0.1) is 0 Å². The van der Waals surface area contributed by atoms with E-state index in [9.17, 15) is 0 Å². The smallest absolute Gasteiger partial charge is 0.0474 e. The van der Waals surface area contributed by atoms with Gasteiger partial charge in [-0.05, 0) is 5.56 Å². The Morgan fingerprint density at radius 1 is 0.909 bits per heavy atom. The molecule has 11 heavy (non-hydrogen) atoms. The van der Waals surface area contributed by atoms with Gasteiger partial charge in [0.15, 0.2) is 0 Å². The normalized spacial score (nSPS) is 6.64. The van der Waals surface area contributed by atoms with Gasteiger partial charge in [-0.2, -0.15) is 0 Å². The second-order valence-corrected chi connectivity index (χ2v) is 1.89. The van der Waals surface area contributed by atoms with Gasteiger partial charge in [0.05, 0.1) is 0 Å². The van der Waals surface area contributed by atoms with Crippen molar-refractivity contribution in [3.63, 3.8) is 0 Å². The standard InChI is InChI=1S/C7H7Cl.3H3N/c8-6-7-4-2-1-3-5-7;;;/h1-5H,6H2;3*1H3. The van der Waals surface area contributed by atoms with Crippen molar-refractivity contribution in [1.82, 2.24) is 18.5 Å². The Morgan fingerprint density at radius 3 is 1.64 bits per heavy atom. The molecule has 0 unspecified atom stereocenters. The lowest BCUT2D eigenvalue weighted by atomic mass is 10.2. The molecule has 66 valence electrons. The maximum Gasteiger partial charge on any atom is 0.0474 e. The summed E-state index contributed by atoms with van der Waals surface area (Å²) >= 11 is 5.53. The molecule has 1 aromatic carbocycles. The zero-order valence-corrected chi connectivity index (χ0v) is 7.35. The predicted molar refractivity (Wildman–Crippen MR) is 51.1 cm³/mol. The number of hydrogen-bond donors (Lipinski definition) is 3. The van der Waals surface area contributed by atoms with Gasteiger partial charge in [-0.3, -0.25) is 0 Å². The Hall–Kier alpha value is -0.610. The number of rotatable bonds is 1. The van der Waals surface area contributed by atoms with Crippen molar-refractivity contribution < 1.29 is 0 Å². The highest BCUT2D eigenvalue weighted by molar-refractivity contribution is 6.17. The Balaban J connectivity index is -0.000000213. The van der Waals surface area contributed by atoms with Crippen LogP contribution < -0.4 is 18.5 Å². The molecule has 0 radical (unpaired) electrons. The molecular formula is C7H16ClN3. The lowest BCUT2D eigenvalue weighted by molar-refractivity contribution is 1.41. The summed E-state index contributed by atoms with van der Waals surface area (Å²) in [6, 6.07) is 9.96. The van der Waals surface area contributed by atoms with Gasteiger partial charge < -0.3 is 18.5 Å². The maximum absolute atomic E-state index is 5.53. The molecule has 0 amide bonds. The van der Waals surface area contributed by atoms with Crippen molar-refractivity contribution in [3.05, 3.63) is 35.9 Å². The molecule has 0 aromatic heterocycles. The number of halogens is 1. The van der Waals surface area contributed by atoms with Gasteiger partial charge in [-0.15, -0.1) is 11.6 Å². The van der Waals surface area contributed by atoms with Crippen LogP contribution >= 0.6 is 11.6 Å². The third kappa shape index (κ3) is 5.82. The zero-order chi connectivity index (χ0) is 5.82. The van der Waals surface area contributed by atoms with Crippen LogP contribution in [0.25, 0.3) is 0 Å². The van der Waals surface area contributed by atoms with Gasteiger partial charge in [0, 0.05) is 5.88 Å². The zero-order valence-electron chi connectivity index (χ0n) is 6.59. The van der Waals surface area contributed by atoms with Crippen LogP contribution in [-0.4, -0.2) is 0 Å². The minimum atomic E-state index is 0. The van der Waals surface area contributed by atoms with Crippen LogP contribution in [0.2, 0.25) is 0 Å². The number of benzene rings is 1. The summed E-state index contributed by atoms with van der Waals surface area (Å²) in [5.41, 5.74) is 1.18. The molecule has 0 heterocycles. The molecule has 0 spiro atoms. The molecule has 0 aliphatic carbocycles. The van der Waals surface area contributed by atoms with Crippen molar-refractivity contribution in [1.29, 1.82) is 0 Å². The van der Waals surface area contributed by atoms with E-state index in [4.69, 9.17) is 11.6 Å². The summed E-state index contributed by atoms with van der Waals surface area (Å²) in [5, 5.41) is 0. The molecule has 1 rings (SSSR count). The van der Waals surface area contributed by atoms with Gasteiger partial charge >= 0.3 is 0 Å². The van der Waals surface area contributed by atoms with Gasteiger partial charge in [-0.25, -0.2) is 0 Å². The van der Waals surface area contributed by atoms with Crippen LogP contribution in [0.1, 0.15) is 5.56 Å². The molecule has 0 aliphatic heterocycles. The maximum atomic E-state index is 5.53. The van der Waals surface area contributed by atoms with Crippen LogP contribution in [0.15, 0.2) is 30.3 Å². The fraction of sp³-hybridized carbons (Fsp3) is 0.143. The van der Waals surface area contributed by atoms with E-state index in [0.29, 0.717) is 5.88 Å². The molecule has 0 bridgehead atoms. The van der Waals surface area contributed by atoms with Crippen molar-refractivity contribution in [2.24, 2.45) is 0 Å².